The quantitative estimate of drug-likeness (QED) is 0.244. The maximum absolute atomic E-state index is 13.8. The van der Waals surface area contributed by atoms with Gasteiger partial charge in [0.2, 0.25) is 23.6 Å². The number of hydrogen-bond donors (Lipinski definition) is 4. The molecule has 51 heavy (non-hydrogen) atoms. The average Bonchev–Trinajstić information content (AvgIpc) is 3.80. The largest absolute Gasteiger partial charge is 0.354 e. The molecule has 3 atom stereocenters. The Morgan fingerprint density at radius 3 is 2.39 bits per heavy atom. The van der Waals surface area contributed by atoms with E-state index in [-0.39, 0.29) is 38.0 Å². The minimum atomic E-state index is -1.00. The monoisotopic (exact) mass is 696 g/mol. The number of carbonyl (C=O) groups is 5. The third kappa shape index (κ3) is 9.65. The van der Waals surface area contributed by atoms with E-state index in [4.69, 9.17) is 0 Å². The van der Waals surface area contributed by atoms with Crippen LogP contribution in [0.2, 0.25) is 0 Å². The summed E-state index contributed by atoms with van der Waals surface area (Å²) in [5.74, 6) is -1.51. The van der Waals surface area contributed by atoms with E-state index in [2.05, 4.69) is 36.4 Å². The molecule has 5 rings (SSSR count). The maximum atomic E-state index is 13.8. The van der Waals surface area contributed by atoms with Crippen LogP contribution >= 0.6 is 0 Å². The van der Waals surface area contributed by atoms with Crippen LogP contribution in [0.1, 0.15) is 62.8 Å². The van der Waals surface area contributed by atoms with Crippen molar-refractivity contribution in [1.29, 1.82) is 0 Å². The van der Waals surface area contributed by atoms with Crippen LogP contribution in [0, 0.1) is 5.92 Å². The Hall–Kier alpha value is -5.86. The van der Waals surface area contributed by atoms with Crippen molar-refractivity contribution in [3.8, 4) is 17.1 Å². The predicted octanol–water partition coefficient (Wildman–Crippen LogP) is 2.01. The molecule has 0 aliphatic carbocycles. The van der Waals surface area contributed by atoms with Crippen molar-refractivity contribution >= 4 is 29.5 Å². The Morgan fingerprint density at radius 1 is 0.882 bits per heavy atom. The highest BCUT2D eigenvalue weighted by molar-refractivity contribution is 5.98. The maximum Gasteiger partial charge on any atom is 0.254 e. The van der Waals surface area contributed by atoms with Crippen molar-refractivity contribution < 1.29 is 24.0 Å². The van der Waals surface area contributed by atoms with Crippen LogP contribution in [0.5, 0.6) is 0 Å². The van der Waals surface area contributed by atoms with Gasteiger partial charge in [-0.25, -0.2) is 14.3 Å². The van der Waals surface area contributed by atoms with Crippen molar-refractivity contribution in [2.45, 2.75) is 65.2 Å². The summed E-state index contributed by atoms with van der Waals surface area (Å²) >= 11 is 0. The Kier molecular flexibility index (Phi) is 11.9. The number of benzene rings is 2. The van der Waals surface area contributed by atoms with Gasteiger partial charge >= 0.3 is 0 Å². The second-order valence-corrected chi connectivity index (χ2v) is 13.0. The van der Waals surface area contributed by atoms with Crippen LogP contribution in [0.4, 0.5) is 0 Å². The number of fused-ring (bicyclic) bond motifs is 1. The molecule has 2 aromatic carbocycles. The minimum Gasteiger partial charge on any atom is -0.354 e. The topological polar surface area (TPSA) is 185 Å². The highest BCUT2D eigenvalue weighted by atomic mass is 16.2. The first kappa shape index (κ1) is 36.4. The number of rotatable bonds is 5. The van der Waals surface area contributed by atoms with Crippen molar-refractivity contribution in [2.24, 2.45) is 5.92 Å². The van der Waals surface area contributed by atoms with Gasteiger partial charge in [-0.15, -0.1) is 0 Å². The normalized spacial score (nSPS) is 19.9. The van der Waals surface area contributed by atoms with Gasteiger partial charge in [-0.05, 0) is 56.9 Å². The van der Waals surface area contributed by atoms with Crippen LogP contribution in [0.25, 0.3) is 17.1 Å². The summed E-state index contributed by atoms with van der Waals surface area (Å²) in [7, 11) is 0. The first-order valence-electron chi connectivity index (χ1n) is 17.0. The average molecular weight is 697 g/mol. The van der Waals surface area contributed by atoms with Crippen LogP contribution in [-0.2, 0) is 25.7 Å². The van der Waals surface area contributed by atoms with Crippen LogP contribution in [-0.4, -0.2) is 90.7 Å². The van der Waals surface area contributed by atoms with Crippen molar-refractivity contribution in [3.05, 3.63) is 84.4 Å². The van der Waals surface area contributed by atoms with Crippen molar-refractivity contribution in [2.75, 3.05) is 19.6 Å². The highest BCUT2D eigenvalue weighted by Gasteiger charge is 2.29. The molecule has 0 unspecified atom stereocenters. The summed E-state index contributed by atoms with van der Waals surface area (Å²) in [5, 5.41) is 20.1. The molecule has 0 saturated heterocycles. The van der Waals surface area contributed by atoms with Gasteiger partial charge in [0.25, 0.3) is 5.91 Å². The molecule has 1 aliphatic heterocycles. The lowest BCUT2D eigenvalue weighted by Gasteiger charge is -2.25. The molecular weight excluding hydrogens is 652 g/mol. The van der Waals surface area contributed by atoms with E-state index < -0.39 is 41.8 Å². The lowest BCUT2D eigenvalue weighted by molar-refractivity contribution is -0.132. The fraction of sp³-hybridized carbons (Fsp3) is 0.389. The number of carbonyl (C=O) groups excluding carboxylic acids is 5. The summed E-state index contributed by atoms with van der Waals surface area (Å²) in [5.41, 5.74) is 1.75. The van der Waals surface area contributed by atoms with E-state index in [1.807, 2.05) is 50.2 Å². The van der Waals surface area contributed by atoms with Gasteiger partial charge in [0.05, 0.1) is 18.3 Å². The zero-order valence-corrected chi connectivity index (χ0v) is 29.2. The number of nitrogens with one attached hydrogen (secondary N) is 4. The molecule has 3 heterocycles. The van der Waals surface area contributed by atoms with Crippen LogP contribution in [0.15, 0.2) is 73.1 Å². The molecule has 0 saturated carbocycles. The Bertz CT molecular complexity index is 1840. The van der Waals surface area contributed by atoms with E-state index in [1.165, 1.54) is 16.5 Å². The Morgan fingerprint density at radius 2 is 1.67 bits per heavy atom. The molecule has 4 N–H and O–H groups in total. The zero-order valence-electron chi connectivity index (χ0n) is 29.2. The second-order valence-electron chi connectivity index (χ2n) is 13.0. The molecule has 268 valence electrons. The molecule has 15 heteroatoms. The number of amides is 5. The SMILES string of the molecule is CC(C)C[C@H]1NC(=O)[C@@H](C)NC(=O)CN(C(=O)c2cccc(-n3cccn3)c2)CCCNC(=O)Cn2nc(-c3ccccc3)nc2[C@H](C)NC1=O. The molecule has 5 amide bonds. The van der Waals surface area contributed by atoms with Gasteiger partial charge < -0.3 is 26.2 Å². The number of hydrogen-bond acceptors (Lipinski definition) is 8. The number of nitrogens with zero attached hydrogens (tertiary/aromatic N) is 6. The van der Waals surface area contributed by atoms with E-state index in [0.717, 1.165) is 5.56 Å². The summed E-state index contributed by atoms with van der Waals surface area (Å²) in [6.45, 7) is 6.94. The molecule has 0 fully saturated rings. The summed E-state index contributed by atoms with van der Waals surface area (Å²) in [6, 6.07) is 15.3. The minimum absolute atomic E-state index is 0.0475. The smallest absolute Gasteiger partial charge is 0.254 e. The molecule has 15 nitrogen and oxygen atoms in total. The van der Waals surface area contributed by atoms with Gasteiger partial charge in [0.15, 0.2) is 5.82 Å². The Labute approximate surface area is 296 Å². The predicted molar refractivity (Wildman–Crippen MR) is 188 cm³/mol. The van der Waals surface area contributed by atoms with Gasteiger partial charge in [-0.3, -0.25) is 24.0 Å². The fourth-order valence-electron chi connectivity index (χ4n) is 5.73. The molecule has 2 aromatic heterocycles. The first-order valence-corrected chi connectivity index (χ1v) is 17.0. The first-order chi connectivity index (χ1) is 24.5. The third-order valence-corrected chi connectivity index (χ3v) is 8.29. The fourth-order valence-corrected chi connectivity index (χ4v) is 5.73. The molecule has 0 spiro atoms. The standard InChI is InChI=1S/C36H44N10O5/c1-23(2)19-29-35(50)40-24(3)33-42-32(26-11-6-5-7-12-26)43-46(33)22-30(47)37-15-9-17-44(21-31(48)39-25(4)34(49)41-29)36(51)27-13-8-14-28(20-27)45-18-10-16-38-45/h5-8,10-14,16,18,20,23-25,29H,9,15,17,19,21-22H2,1-4H3,(H,37,47)(H,39,48)(H,40,50)(H,41,49)/t24-,25+,29+/m0/s1. The van der Waals surface area contributed by atoms with Gasteiger partial charge in [0, 0.05) is 36.6 Å². The van der Waals surface area contributed by atoms with E-state index in [1.54, 1.807) is 48.3 Å². The highest BCUT2D eigenvalue weighted by Crippen LogP contribution is 2.20. The third-order valence-electron chi connectivity index (χ3n) is 8.29. The second kappa shape index (κ2) is 16.7. The Balaban J connectivity index is 1.42. The zero-order chi connectivity index (χ0) is 36.5. The summed E-state index contributed by atoms with van der Waals surface area (Å²) in [4.78, 5) is 73.3. The van der Waals surface area contributed by atoms with Gasteiger partial charge in [0.1, 0.15) is 24.5 Å². The summed E-state index contributed by atoms with van der Waals surface area (Å²) in [6.07, 6.45) is 4.05. The van der Waals surface area contributed by atoms with Gasteiger partial charge in [-0.1, -0.05) is 50.2 Å². The van der Waals surface area contributed by atoms with E-state index in [0.29, 0.717) is 35.7 Å². The van der Waals surface area contributed by atoms with Crippen molar-refractivity contribution in [1.82, 2.24) is 50.7 Å². The molecular formula is C36H44N10O5. The van der Waals surface area contributed by atoms with E-state index >= 15 is 0 Å². The lowest BCUT2D eigenvalue weighted by Crippen LogP contribution is -2.54. The molecule has 0 bridgehead atoms. The number of aromatic nitrogens is 5. The molecule has 4 aromatic rings. The van der Waals surface area contributed by atoms with Crippen molar-refractivity contribution in [3.63, 3.8) is 0 Å². The van der Waals surface area contributed by atoms with Crippen LogP contribution in [0.3, 0.4) is 0 Å². The van der Waals surface area contributed by atoms with E-state index in [9.17, 15) is 24.0 Å². The molecule has 0 radical (unpaired) electrons. The molecule has 1 aliphatic rings. The van der Waals surface area contributed by atoms with Crippen LogP contribution < -0.4 is 21.3 Å². The summed E-state index contributed by atoms with van der Waals surface area (Å²) < 4.78 is 3.08. The lowest BCUT2D eigenvalue weighted by atomic mass is 10.0. The van der Waals surface area contributed by atoms with Gasteiger partial charge in [-0.2, -0.15) is 10.2 Å².